The van der Waals surface area contributed by atoms with E-state index in [-0.39, 0.29) is 0 Å². The van der Waals surface area contributed by atoms with Crippen LogP contribution in [0.5, 0.6) is 5.75 Å². The van der Waals surface area contributed by atoms with Gasteiger partial charge in [0.25, 0.3) is 0 Å². The third kappa shape index (κ3) is 6.07. The summed E-state index contributed by atoms with van der Waals surface area (Å²) < 4.78 is 10.6. The predicted molar refractivity (Wildman–Crippen MR) is 97.0 cm³/mol. The summed E-state index contributed by atoms with van der Waals surface area (Å²) in [6.07, 6.45) is 4.18. The van der Waals surface area contributed by atoms with E-state index >= 15 is 0 Å². The first-order valence-corrected chi connectivity index (χ1v) is 8.66. The maximum Gasteiger partial charge on any atom is 0.343 e. The van der Waals surface area contributed by atoms with Crippen molar-refractivity contribution in [2.24, 2.45) is 0 Å². The Morgan fingerprint density at radius 3 is 2.32 bits per heavy atom. The molecular weight excluding hydrogens is 316 g/mol. The zero-order valence-electron chi connectivity index (χ0n) is 14.8. The summed E-state index contributed by atoms with van der Waals surface area (Å²) >= 11 is 0. The van der Waals surface area contributed by atoms with Gasteiger partial charge < -0.3 is 9.47 Å². The Bertz CT molecular complexity index is 721. The Hall–Kier alpha value is -2.62. The van der Waals surface area contributed by atoms with Crippen LogP contribution in [-0.2, 0) is 4.74 Å². The Balaban J connectivity index is 1.95. The molecule has 0 radical (unpaired) electrons. The van der Waals surface area contributed by atoms with Crippen molar-refractivity contribution in [3.8, 4) is 5.75 Å². The maximum absolute atomic E-state index is 12.3. The van der Waals surface area contributed by atoms with Crippen LogP contribution in [0, 0.1) is 6.92 Å². The molecule has 0 N–H and O–H groups in total. The highest BCUT2D eigenvalue weighted by atomic mass is 16.5. The predicted octanol–water partition coefficient (Wildman–Crippen LogP) is 4.95. The van der Waals surface area contributed by atoms with Gasteiger partial charge in [0.1, 0.15) is 5.75 Å². The molecule has 0 aliphatic heterocycles. The Kier molecular flexibility index (Phi) is 7.20. The summed E-state index contributed by atoms with van der Waals surface area (Å²) in [5.74, 6) is -0.432. The van der Waals surface area contributed by atoms with E-state index in [0.29, 0.717) is 23.5 Å². The van der Waals surface area contributed by atoms with E-state index in [9.17, 15) is 9.59 Å². The number of rotatable bonds is 8. The fourth-order valence-electron chi connectivity index (χ4n) is 2.39. The lowest BCUT2D eigenvalue weighted by Gasteiger charge is -2.07. The minimum Gasteiger partial charge on any atom is -0.462 e. The molecule has 0 heterocycles. The normalized spacial score (nSPS) is 10.3. The zero-order chi connectivity index (χ0) is 18.1. The average Bonchev–Trinajstić information content (AvgIpc) is 2.61. The van der Waals surface area contributed by atoms with Crippen molar-refractivity contribution in [3.63, 3.8) is 0 Å². The third-order valence-corrected chi connectivity index (χ3v) is 3.77. The molecule has 0 aliphatic carbocycles. The summed E-state index contributed by atoms with van der Waals surface area (Å²) in [5.41, 5.74) is 1.68. The molecule has 0 amide bonds. The average molecular weight is 340 g/mol. The second kappa shape index (κ2) is 9.62. The first-order valence-electron chi connectivity index (χ1n) is 8.66. The Morgan fingerprint density at radius 1 is 0.880 bits per heavy atom. The number of aryl methyl sites for hydroxylation is 1. The molecule has 0 bridgehead atoms. The number of hydrogen-bond acceptors (Lipinski definition) is 4. The van der Waals surface area contributed by atoms with Crippen LogP contribution in [0.25, 0.3) is 0 Å². The van der Waals surface area contributed by atoms with Gasteiger partial charge in [0, 0.05) is 0 Å². The maximum atomic E-state index is 12.3. The molecule has 132 valence electrons. The fourth-order valence-corrected chi connectivity index (χ4v) is 2.39. The van der Waals surface area contributed by atoms with Gasteiger partial charge in [-0.05, 0) is 49.2 Å². The Morgan fingerprint density at radius 2 is 1.60 bits per heavy atom. The second-order valence-corrected chi connectivity index (χ2v) is 5.98. The summed E-state index contributed by atoms with van der Waals surface area (Å²) in [6, 6.07) is 13.7. The number of carbonyl (C=O) groups is 2. The molecule has 2 aromatic rings. The van der Waals surface area contributed by atoms with E-state index in [2.05, 4.69) is 6.92 Å². The molecule has 4 nitrogen and oxygen atoms in total. The van der Waals surface area contributed by atoms with Crippen LogP contribution < -0.4 is 4.74 Å². The summed E-state index contributed by atoms with van der Waals surface area (Å²) in [7, 11) is 0. The molecule has 25 heavy (non-hydrogen) atoms. The molecule has 0 aromatic heterocycles. The van der Waals surface area contributed by atoms with Crippen molar-refractivity contribution in [2.45, 2.75) is 39.5 Å². The number of benzene rings is 2. The summed E-state index contributed by atoms with van der Waals surface area (Å²) in [4.78, 5) is 24.3. The number of esters is 2. The van der Waals surface area contributed by atoms with E-state index < -0.39 is 11.9 Å². The second-order valence-electron chi connectivity index (χ2n) is 5.98. The lowest BCUT2D eigenvalue weighted by atomic mass is 10.1. The molecule has 0 atom stereocenters. The van der Waals surface area contributed by atoms with Crippen molar-refractivity contribution in [1.29, 1.82) is 0 Å². The van der Waals surface area contributed by atoms with Gasteiger partial charge in [0.2, 0.25) is 0 Å². The van der Waals surface area contributed by atoms with Gasteiger partial charge in [-0.25, -0.2) is 9.59 Å². The van der Waals surface area contributed by atoms with Gasteiger partial charge >= 0.3 is 11.9 Å². The van der Waals surface area contributed by atoms with E-state index in [1.54, 1.807) is 30.3 Å². The molecule has 0 aliphatic rings. The SMILES string of the molecule is CCCCCCOC(=O)c1cccc(C(=O)Oc2cccc(C)c2)c1. The smallest absolute Gasteiger partial charge is 0.343 e. The quantitative estimate of drug-likeness (QED) is 0.387. The minimum absolute atomic E-state index is 0.321. The summed E-state index contributed by atoms with van der Waals surface area (Å²) in [6.45, 7) is 4.46. The van der Waals surface area contributed by atoms with Crippen molar-refractivity contribution < 1.29 is 19.1 Å². The van der Waals surface area contributed by atoms with Gasteiger partial charge in [-0.2, -0.15) is 0 Å². The molecule has 0 saturated heterocycles. The highest BCUT2D eigenvalue weighted by molar-refractivity contribution is 5.96. The number of carbonyl (C=O) groups excluding carboxylic acids is 2. The first kappa shape index (κ1) is 18.7. The number of ether oxygens (including phenoxy) is 2. The van der Waals surface area contributed by atoms with Gasteiger partial charge in [-0.3, -0.25) is 0 Å². The zero-order valence-corrected chi connectivity index (χ0v) is 14.8. The van der Waals surface area contributed by atoms with Crippen LogP contribution in [0.4, 0.5) is 0 Å². The van der Waals surface area contributed by atoms with Crippen LogP contribution in [0.1, 0.15) is 58.9 Å². The van der Waals surface area contributed by atoms with Gasteiger partial charge in [0.05, 0.1) is 17.7 Å². The van der Waals surface area contributed by atoms with Crippen LogP contribution in [0.3, 0.4) is 0 Å². The van der Waals surface area contributed by atoms with Crippen molar-refractivity contribution in [3.05, 3.63) is 65.2 Å². The standard InChI is InChI=1S/C21H24O4/c1-3-4-5-6-13-24-20(22)17-10-8-11-18(15-17)21(23)25-19-12-7-9-16(2)14-19/h7-12,14-15H,3-6,13H2,1-2H3. The summed E-state index contributed by atoms with van der Waals surface area (Å²) in [5, 5.41) is 0. The molecular formula is C21H24O4. The largest absolute Gasteiger partial charge is 0.462 e. The van der Waals surface area contributed by atoms with E-state index in [1.165, 1.54) is 6.07 Å². The molecule has 4 heteroatoms. The van der Waals surface area contributed by atoms with Crippen molar-refractivity contribution in [1.82, 2.24) is 0 Å². The molecule has 2 rings (SSSR count). The highest BCUT2D eigenvalue weighted by Crippen LogP contribution is 2.15. The third-order valence-electron chi connectivity index (χ3n) is 3.77. The topological polar surface area (TPSA) is 52.6 Å². The van der Waals surface area contributed by atoms with E-state index in [0.717, 1.165) is 31.2 Å². The van der Waals surface area contributed by atoms with Gasteiger partial charge in [0.15, 0.2) is 0 Å². The molecule has 2 aromatic carbocycles. The minimum atomic E-state index is -0.497. The van der Waals surface area contributed by atoms with Crippen LogP contribution >= 0.6 is 0 Å². The van der Waals surface area contributed by atoms with E-state index in [1.807, 2.05) is 19.1 Å². The molecule has 0 spiro atoms. The van der Waals surface area contributed by atoms with Gasteiger partial charge in [-0.1, -0.05) is 44.4 Å². The molecule has 0 saturated carbocycles. The highest BCUT2D eigenvalue weighted by Gasteiger charge is 2.13. The Labute approximate surface area is 148 Å². The number of hydrogen-bond donors (Lipinski definition) is 0. The number of unbranched alkanes of at least 4 members (excludes halogenated alkanes) is 3. The lowest BCUT2D eigenvalue weighted by molar-refractivity contribution is 0.0498. The first-order chi connectivity index (χ1) is 12.1. The van der Waals surface area contributed by atoms with Crippen LogP contribution in [0.15, 0.2) is 48.5 Å². The lowest BCUT2D eigenvalue weighted by Crippen LogP contribution is -2.11. The molecule has 0 fully saturated rings. The fraction of sp³-hybridized carbons (Fsp3) is 0.333. The van der Waals surface area contributed by atoms with E-state index in [4.69, 9.17) is 9.47 Å². The van der Waals surface area contributed by atoms with Crippen molar-refractivity contribution >= 4 is 11.9 Å². The van der Waals surface area contributed by atoms with Gasteiger partial charge in [-0.15, -0.1) is 0 Å². The van der Waals surface area contributed by atoms with Crippen LogP contribution in [0.2, 0.25) is 0 Å². The molecule has 0 unspecified atom stereocenters. The van der Waals surface area contributed by atoms with Crippen molar-refractivity contribution in [2.75, 3.05) is 6.61 Å². The monoisotopic (exact) mass is 340 g/mol. The van der Waals surface area contributed by atoms with Crippen LogP contribution in [-0.4, -0.2) is 18.5 Å².